The van der Waals surface area contributed by atoms with Crippen molar-refractivity contribution < 1.29 is 13.2 Å². The van der Waals surface area contributed by atoms with Crippen molar-refractivity contribution in [3.05, 3.63) is 45.0 Å². The van der Waals surface area contributed by atoms with E-state index in [1.807, 2.05) is 4.57 Å². The molecule has 144 valence electrons. The second kappa shape index (κ2) is 8.07. The van der Waals surface area contributed by atoms with Crippen LogP contribution in [0.5, 0.6) is 0 Å². The average molecular weight is 455 g/mol. The van der Waals surface area contributed by atoms with Crippen LogP contribution in [-0.2, 0) is 12.7 Å². The smallest absolute Gasteiger partial charge is 0.319 e. The lowest BCUT2D eigenvalue weighted by Crippen LogP contribution is -2.06. The molecule has 0 unspecified atom stereocenters. The highest BCUT2D eigenvalue weighted by molar-refractivity contribution is 7.99. The van der Waals surface area contributed by atoms with Gasteiger partial charge in [0, 0.05) is 12.7 Å². The number of aromatic nitrogens is 3. The minimum absolute atomic E-state index is 0.0833. The summed E-state index contributed by atoms with van der Waals surface area (Å²) in [5.74, 6) is 0. The SMILES string of the molecule is CCCCn1c(Sc2ncc(C(F)(F)F)cc2Cl)nc2cc(Cl)c(Cl)cc21. The third-order valence-corrected chi connectivity index (χ3v) is 5.95. The van der Waals surface area contributed by atoms with Crippen molar-refractivity contribution in [2.75, 3.05) is 0 Å². The van der Waals surface area contributed by atoms with Crippen LogP contribution < -0.4 is 0 Å². The predicted octanol–water partition coefficient (Wildman–Crippen LogP) is 7.36. The third-order valence-electron chi connectivity index (χ3n) is 3.81. The molecule has 0 N–H and O–H groups in total. The van der Waals surface area contributed by atoms with Crippen molar-refractivity contribution in [2.45, 2.75) is 42.7 Å². The topological polar surface area (TPSA) is 30.7 Å². The number of alkyl halides is 3. The molecule has 2 heterocycles. The second-order valence-electron chi connectivity index (χ2n) is 5.77. The van der Waals surface area contributed by atoms with Crippen molar-refractivity contribution in [1.29, 1.82) is 0 Å². The van der Waals surface area contributed by atoms with E-state index in [4.69, 9.17) is 34.8 Å². The maximum Gasteiger partial charge on any atom is 0.417 e. The zero-order chi connectivity index (χ0) is 19.8. The van der Waals surface area contributed by atoms with E-state index in [-0.39, 0.29) is 10.0 Å². The molecule has 10 heteroatoms. The van der Waals surface area contributed by atoms with Gasteiger partial charge in [-0.1, -0.05) is 48.1 Å². The molecular formula is C17H13Cl3F3N3S. The predicted molar refractivity (Wildman–Crippen MR) is 103 cm³/mol. The minimum atomic E-state index is -4.50. The molecule has 0 aliphatic heterocycles. The molecule has 0 atom stereocenters. The van der Waals surface area contributed by atoms with Crippen LogP contribution >= 0.6 is 46.6 Å². The van der Waals surface area contributed by atoms with Gasteiger partial charge in [0.05, 0.1) is 31.7 Å². The standard InChI is InChI=1S/C17H13Cl3F3N3S/c1-2-3-4-26-14-7-11(19)10(18)6-13(14)25-16(26)27-15-12(20)5-9(8-24-15)17(21,22)23/h5-8H,2-4H2,1H3. The van der Waals surface area contributed by atoms with Gasteiger partial charge in [-0.15, -0.1) is 0 Å². The lowest BCUT2D eigenvalue weighted by molar-refractivity contribution is -0.137. The molecular weight excluding hydrogens is 442 g/mol. The molecule has 0 aliphatic carbocycles. The van der Waals surface area contributed by atoms with E-state index in [0.29, 0.717) is 27.3 Å². The molecule has 0 bridgehead atoms. The maximum atomic E-state index is 12.8. The fourth-order valence-electron chi connectivity index (χ4n) is 2.45. The number of unbranched alkanes of at least 4 members (excludes halogenated alkanes) is 1. The first-order valence-corrected chi connectivity index (χ1v) is 9.91. The van der Waals surface area contributed by atoms with Gasteiger partial charge in [-0.3, -0.25) is 0 Å². The molecule has 3 aromatic rings. The highest BCUT2D eigenvalue weighted by atomic mass is 35.5. The Labute approximate surface area is 172 Å². The van der Waals surface area contributed by atoms with Crippen molar-refractivity contribution in [3.8, 4) is 0 Å². The Bertz CT molecular complexity index is 989. The van der Waals surface area contributed by atoms with E-state index in [9.17, 15) is 13.2 Å². The quantitative estimate of drug-likeness (QED) is 0.403. The highest BCUT2D eigenvalue weighted by Gasteiger charge is 2.31. The van der Waals surface area contributed by atoms with Crippen LogP contribution in [0.2, 0.25) is 15.1 Å². The first-order chi connectivity index (χ1) is 12.7. The molecule has 0 amide bonds. The second-order valence-corrected chi connectivity index (χ2v) is 7.94. The summed E-state index contributed by atoms with van der Waals surface area (Å²) in [6.45, 7) is 2.73. The Morgan fingerprint density at radius 1 is 1.07 bits per heavy atom. The molecule has 0 aliphatic rings. The summed E-state index contributed by atoms with van der Waals surface area (Å²) in [7, 11) is 0. The van der Waals surface area contributed by atoms with Crippen molar-refractivity contribution in [2.24, 2.45) is 0 Å². The van der Waals surface area contributed by atoms with Gasteiger partial charge in [0.25, 0.3) is 0 Å². The van der Waals surface area contributed by atoms with Crippen LogP contribution in [0, 0.1) is 0 Å². The summed E-state index contributed by atoms with van der Waals surface area (Å²) >= 11 is 19.3. The number of halogens is 6. The molecule has 0 saturated heterocycles. The first kappa shape index (κ1) is 20.6. The molecule has 0 radical (unpaired) electrons. The number of benzene rings is 1. The van der Waals surface area contributed by atoms with E-state index >= 15 is 0 Å². The van der Waals surface area contributed by atoms with Gasteiger partial charge in [0.1, 0.15) is 5.03 Å². The first-order valence-electron chi connectivity index (χ1n) is 7.96. The molecule has 2 aromatic heterocycles. The lowest BCUT2D eigenvalue weighted by atomic mass is 10.3. The van der Waals surface area contributed by atoms with E-state index in [0.717, 1.165) is 42.4 Å². The zero-order valence-electron chi connectivity index (χ0n) is 13.9. The molecule has 3 rings (SSSR count). The summed E-state index contributed by atoms with van der Waals surface area (Å²) in [4.78, 5) is 8.41. The van der Waals surface area contributed by atoms with Crippen molar-refractivity contribution in [3.63, 3.8) is 0 Å². The van der Waals surface area contributed by atoms with Crippen LogP contribution in [-0.4, -0.2) is 14.5 Å². The summed E-state index contributed by atoms with van der Waals surface area (Å²) in [5.41, 5.74) is 0.546. The number of hydrogen-bond acceptors (Lipinski definition) is 3. The summed E-state index contributed by atoms with van der Waals surface area (Å²) in [6.07, 6.45) is -1.87. The molecule has 0 saturated carbocycles. The van der Waals surface area contributed by atoms with Gasteiger partial charge < -0.3 is 4.57 Å². The maximum absolute atomic E-state index is 12.8. The van der Waals surface area contributed by atoms with Gasteiger partial charge in [0.15, 0.2) is 5.16 Å². The number of pyridine rings is 1. The van der Waals surface area contributed by atoms with E-state index in [1.54, 1.807) is 12.1 Å². The van der Waals surface area contributed by atoms with Crippen LogP contribution in [0.25, 0.3) is 11.0 Å². The van der Waals surface area contributed by atoms with Gasteiger partial charge in [0.2, 0.25) is 0 Å². The average Bonchev–Trinajstić information content (AvgIpc) is 2.90. The Morgan fingerprint density at radius 2 is 1.78 bits per heavy atom. The lowest BCUT2D eigenvalue weighted by Gasteiger charge is -2.10. The molecule has 1 aromatic carbocycles. The number of rotatable bonds is 5. The van der Waals surface area contributed by atoms with E-state index in [1.165, 1.54) is 0 Å². The zero-order valence-corrected chi connectivity index (χ0v) is 17.0. The summed E-state index contributed by atoms with van der Waals surface area (Å²) in [5, 5.41) is 1.51. The molecule has 0 fully saturated rings. The molecule has 0 spiro atoms. The number of hydrogen-bond donors (Lipinski definition) is 0. The normalized spacial score (nSPS) is 12.1. The van der Waals surface area contributed by atoms with Gasteiger partial charge in [-0.2, -0.15) is 13.2 Å². The fraction of sp³-hybridized carbons (Fsp3) is 0.294. The third kappa shape index (κ3) is 4.47. The largest absolute Gasteiger partial charge is 0.417 e. The van der Waals surface area contributed by atoms with Crippen molar-refractivity contribution >= 4 is 57.6 Å². The molecule has 27 heavy (non-hydrogen) atoms. The number of nitrogens with zero attached hydrogens (tertiary/aromatic N) is 3. The number of imidazole rings is 1. The van der Waals surface area contributed by atoms with Crippen molar-refractivity contribution in [1.82, 2.24) is 14.5 Å². The summed E-state index contributed by atoms with van der Waals surface area (Å²) < 4.78 is 40.3. The van der Waals surface area contributed by atoms with Crippen LogP contribution in [0.15, 0.2) is 34.6 Å². The fourth-order valence-corrected chi connectivity index (χ4v) is 3.93. The van der Waals surface area contributed by atoms with E-state index < -0.39 is 11.7 Å². The number of aryl methyl sites for hydroxylation is 1. The Hall–Kier alpha value is -1.15. The molecule has 3 nitrogen and oxygen atoms in total. The van der Waals surface area contributed by atoms with Gasteiger partial charge in [-0.25, -0.2) is 9.97 Å². The van der Waals surface area contributed by atoms with Crippen LogP contribution in [0.1, 0.15) is 25.3 Å². The monoisotopic (exact) mass is 453 g/mol. The Kier molecular flexibility index (Phi) is 6.15. The van der Waals surface area contributed by atoms with Crippen LogP contribution in [0.3, 0.4) is 0 Å². The van der Waals surface area contributed by atoms with Crippen LogP contribution in [0.4, 0.5) is 13.2 Å². The Morgan fingerprint density at radius 3 is 2.41 bits per heavy atom. The highest BCUT2D eigenvalue weighted by Crippen LogP contribution is 2.38. The number of fused-ring (bicyclic) bond motifs is 1. The Balaban J connectivity index is 2.03. The summed E-state index contributed by atoms with van der Waals surface area (Å²) in [6, 6.07) is 4.25. The van der Waals surface area contributed by atoms with Gasteiger partial charge >= 0.3 is 6.18 Å². The minimum Gasteiger partial charge on any atom is -0.319 e. The van der Waals surface area contributed by atoms with Gasteiger partial charge in [-0.05, 0) is 36.4 Å². The van der Waals surface area contributed by atoms with E-state index in [2.05, 4.69) is 16.9 Å².